The lowest BCUT2D eigenvalue weighted by Gasteiger charge is -1.92. The van der Waals surface area contributed by atoms with Crippen molar-refractivity contribution in [3.05, 3.63) is 30.6 Å². The minimum absolute atomic E-state index is 0.925. The summed E-state index contributed by atoms with van der Waals surface area (Å²) in [5.74, 6) is 0. The van der Waals surface area contributed by atoms with Gasteiger partial charge in [-0.05, 0) is 0 Å². The Morgan fingerprint density at radius 2 is 1.78 bits per heavy atom. The summed E-state index contributed by atoms with van der Waals surface area (Å²) in [5.41, 5.74) is 0. The number of hydrogen-bond acceptors (Lipinski definition) is 0. The van der Waals surface area contributed by atoms with E-state index in [0.717, 1.165) is 0 Å². The molecule has 0 aromatic carbocycles. The van der Waals surface area contributed by atoms with Crippen LogP contribution in [0.15, 0.2) is 30.6 Å². The van der Waals surface area contributed by atoms with Crippen LogP contribution in [0.25, 0.3) is 0 Å². The number of alkyl halides is 1. The smallest absolute Gasteiger partial charge is 0.175 e. The Morgan fingerprint density at radius 1 is 1.22 bits per heavy atom. The predicted octanol–water partition coefficient (Wildman–Crippen LogP) is 1.46. The van der Waals surface area contributed by atoms with Crippen molar-refractivity contribution in [3.8, 4) is 0 Å². The Bertz CT molecular complexity index is 172. The molecule has 1 rings (SSSR count). The van der Waals surface area contributed by atoms with Crippen LogP contribution in [0, 0.1) is 0 Å². The van der Waals surface area contributed by atoms with Crippen molar-refractivity contribution in [2.24, 2.45) is 0 Å². The van der Waals surface area contributed by atoms with Gasteiger partial charge in [-0.2, -0.15) is 8.96 Å². The van der Waals surface area contributed by atoms with E-state index in [0.29, 0.717) is 0 Å². The number of pyridine rings is 1. The highest BCUT2D eigenvalue weighted by Gasteiger charge is 2.04. The Balaban J connectivity index is 2.85. The van der Waals surface area contributed by atoms with Gasteiger partial charge in [0, 0.05) is 19.1 Å². The standard InChI is InChI=1S/C7H9FN/c1-7(8)9-5-3-2-4-6-9/h2-7H,1H3/q+1. The molecule has 48 valence electrons. The van der Waals surface area contributed by atoms with Crippen molar-refractivity contribution in [1.29, 1.82) is 0 Å². The van der Waals surface area contributed by atoms with Gasteiger partial charge in [0.05, 0.1) is 0 Å². The van der Waals surface area contributed by atoms with Crippen LogP contribution in [0.3, 0.4) is 0 Å². The minimum Gasteiger partial charge on any atom is -0.175 e. The van der Waals surface area contributed by atoms with Crippen LogP contribution in [-0.4, -0.2) is 0 Å². The predicted molar refractivity (Wildman–Crippen MR) is 32.5 cm³/mol. The molecule has 1 unspecified atom stereocenters. The van der Waals surface area contributed by atoms with Crippen LogP contribution in [0.2, 0.25) is 0 Å². The second kappa shape index (κ2) is 2.58. The normalized spacial score (nSPS) is 13.1. The fourth-order valence-electron chi connectivity index (χ4n) is 0.649. The average molecular weight is 126 g/mol. The molecule has 1 aromatic rings. The quantitative estimate of drug-likeness (QED) is 0.501. The van der Waals surface area contributed by atoms with Gasteiger partial charge in [-0.15, -0.1) is 0 Å². The molecule has 2 heteroatoms. The fraction of sp³-hybridized carbons (Fsp3) is 0.286. The summed E-state index contributed by atoms with van der Waals surface area (Å²) < 4.78 is 13.9. The first-order valence-electron chi connectivity index (χ1n) is 2.90. The average Bonchev–Trinajstić information content (AvgIpc) is 1.90. The summed E-state index contributed by atoms with van der Waals surface area (Å²) in [6, 6.07) is 5.46. The summed E-state index contributed by atoms with van der Waals surface area (Å²) in [7, 11) is 0. The fourth-order valence-corrected chi connectivity index (χ4v) is 0.649. The monoisotopic (exact) mass is 126 g/mol. The summed E-state index contributed by atoms with van der Waals surface area (Å²) >= 11 is 0. The first kappa shape index (κ1) is 6.20. The second-order valence-electron chi connectivity index (χ2n) is 1.90. The first-order valence-corrected chi connectivity index (χ1v) is 2.90. The molecule has 0 aliphatic heterocycles. The summed E-state index contributed by atoms with van der Waals surface area (Å²) in [5, 5.41) is 0. The molecule has 1 heterocycles. The van der Waals surface area contributed by atoms with E-state index in [9.17, 15) is 4.39 Å². The van der Waals surface area contributed by atoms with E-state index in [-0.39, 0.29) is 0 Å². The molecule has 0 amide bonds. The van der Waals surface area contributed by atoms with E-state index >= 15 is 0 Å². The molecule has 1 aromatic heterocycles. The van der Waals surface area contributed by atoms with E-state index in [2.05, 4.69) is 0 Å². The summed E-state index contributed by atoms with van der Waals surface area (Å²) in [4.78, 5) is 0. The molecular formula is C7H9FN+. The SMILES string of the molecule is CC(F)[n+]1ccccc1. The lowest BCUT2D eigenvalue weighted by Crippen LogP contribution is -2.33. The van der Waals surface area contributed by atoms with Gasteiger partial charge in [-0.1, -0.05) is 6.07 Å². The zero-order chi connectivity index (χ0) is 6.69. The third kappa shape index (κ3) is 1.49. The minimum atomic E-state index is -0.925. The van der Waals surface area contributed by atoms with E-state index in [4.69, 9.17) is 0 Å². The number of aromatic nitrogens is 1. The van der Waals surface area contributed by atoms with Gasteiger partial charge >= 0.3 is 0 Å². The second-order valence-corrected chi connectivity index (χ2v) is 1.90. The molecule has 1 nitrogen and oxygen atoms in total. The molecule has 9 heavy (non-hydrogen) atoms. The molecule has 0 fully saturated rings. The lowest BCUT2D eigenvalue weighted by molar-refractivity contribution is -0.743. The van der Waals surface area contributed by atoms with Gasteiger partial charge in [-0.25, -0.2) is 0 Å². The van der Waals surface area contributed by atoms with E-state index in [1.807, 2.05) is 6.07 Å². The van der Waals surface area contributed by atoms with Crippen LogP contribution in [0.4, 0.5) is 4.39 Å². The Kier molecular flexibility index (Phi) is 1.78. The van der Waals surface area contributed by atoms with Gasteiger partial charge in [-0.3, -0.25) is 0 Å². The first-order chi connectivity index (χ1) is 4.30. The molecular weight excluding hydrogens is 117 g/mol. The molecule has 0 saturated carbocycles. The van der Waals surface area contributed by atoms with Crippen molar-refractivity contribution in [1.82, 2.24) is 0 Å². The number of nitrogens with zero attached hydrogens (tertiary/aromatic N) is 1. The van der Waals surface area contributed by atoms with Crippen molar-refractivity contribution in [3.63, 3.8) is 0 Å². The molecule has 0 radical (unpaired) electrons. The highest BCUT2D eigenvalue weighted by atomic mass is 19.1. The van der Waals surface area contributed by atoms with Crippen molar-refractivity contribution >= 4 is 0 Å². The molecule has 0 aliphatic carbocycles. The Morgan fingerprint density at radius 3 is 2.11 bits per heavy atom. The van der Waals surface area contributed by atoms with E-state index < -0.39 is 6.30 Å². The Labute approximate surface area is 53.8 Å². The highest BCUT2D eigenvalue weighted by Crippen LogP contribution is 1.92. The molecule has 0 spiro atoms. The van der Waals surface area contributed by atoms with Crippen LogP contribution < -0.4 is 4.57 Å². The van der Waals surface area contributed by atoms with Gasteiger partial charge in [0.15, 0.2) is 12.4 Å². The van der Waals surface area contributed by atoms with E-state index in [1.54, 1.807) is 24.5 Å². The van der Waals surface area contributed by atoms with Crippen molar-refractivity contribution in [2.75, 3.05) is 0 Å². The van der Waals surface area contributed by atoms with Crippen LogP contribution in [0.1, 0.15) is 13.2 Å². The Hall–Kier alpha value is -0.920. The molecule has 0 N–H and O–H groups in total. The number of rotatable bonds is 1. The van der Waals surface area contributed by atoms with Gasteiger partial charge in [0.25, 0.3) is 6.30 Å². The number of hydrogen-bond donors (Lipinski definition) is 0. The largest absolute Gasteiger partial charge is 0.296 e. The van der Waals surface area contributed by atoms with Crippen molar-refractivity contribution in [2.45, 2.75) is 13.2 Å². The van der Waals surface area contributed by atoms with Crippen LogP contribution in [0.5, 0.6) is 0 Å². The maximum absolute atomic E-state index is 12.4. The zero-order valence-electron chi connectivity index (χ0n) is 5.29. The maximum Gasteiger partial charge on any atom is 0.296 e. The van der Waals surface area contributed by atoms with Crippen molar-refractivity contribution < 1.29 is 8.96 Å². The molecule has 0 saturated heterocycles. The third-order valence-electron chi connectivity index (χ3n) is 1.15. The third-order valence-corrected chi connectivity index (χ3v) is 1.15. The summed E-state index contributed by atoms with van der Waals surface area (Å²) in [6.07, 6.45) is 2.47. The molecule has 0 aliphatic rings. The molecule has 1 atom stereocenters. The highest BCUT2D eigenvalue weighted by molar-refractivity contribution is 4.83. The van der Waals surface area contributed by atoms with E-state index in [1.165, 1.54) is 11.5 Å². The topological polar surface area (TPSA) is 3.88 Å². The van der Waals surface area contributed by atoms with Crippen LogP contribution in [-0.2, 0) is 0 Å². The summed E-state index contributed by atoms with van der Waals surface area (Å²) in [6.45, 7) is 1.50. The molecule has 0 bridgehead atoms. The number of halogens is 1. The van der Waals surface area contributed by atoms with Gasteiger partial charge < -0.3 is 0 Å². The maximum atomic E-state index is 12.4. The lowest BCUT2D eigenvalue weighted by atomic mass is 10.5. The zero-order valence-corrected chi connectivity index (χ0v) is 5.29. The van der Waals surface area contributed by atoms with Gasteiger partial charge in [0.1, 0.15) is 0 Å². The van der Waals surface area contributed by atoms with Crippen LogP contribution >= 0.6 is 0 Å². The van der Waals surface area contributed by atoms with Gasteiger partial charge in [0.2, 0.25) is 0 Å².